The molecule has 0 saturated carbocycles. The number of hydrogen-bond acceptors (Lipinski definition) is 3. The molecule has 3 nitrogen and oxygen atoms in total. The lowest BCUT2D eigenvalue weighted by Gasteiger charge is -2.08. The average molecular weight is 320 g/mol. The normalized spacial score (nSPS) is 11.6. The minimum atomic E-state index is -3.78. The number of rotatable bonds is 3. The van der Waals surface area contributed by atoms with Crippen LogP contribution in [0.4, 0.5) is 10.1 Å². The van der Waals surface area contributed by atoms with Crippen LogP contribution in [0.2, 0.25) is 5.02 Å². The van der Waals surface area contributed by atoms with Crippen molar-refractivity contribution in [1.82, 2.24) is 0 Å². The van der Waals surface area contributed by atoms with Crippen molar-refractivity contribution in [3.63, 3.8) is 0 Å². The highest BCUT2D eigenvalue weighted by molar-refractivity contribution is 7.93. The number of halogens is 2. The Balaban J connectivity index is 2.39. The quantitative estimate of drug-likeness (QED) is 0.930. The lowest BCUT2D eigenvalue weighted by molar-refractivity contribution is 0.598. The Hall–Kier alpha value is -1.11. The fourth-order valence-corrected chi connectivity index (χ4v) is 4.43. The molecule has 102 valence electrons. The second-order valence-corrected chi connectivity index (χ2v) is 7.55. The van der Waals surface area contributed by atoms with Gasteiger partial charge in [0.1, 0.15) is 10.7 Å². The van der Waals surface area contributed by atoms with Gasteiger partial charge in [0.2, 0.25) is 0 Å². The van der Waals surface area contributed by atoms with Gasteiger partial charge in [0.15, 0.2) is 0 Å². The fraction of sp³-hybridized carbons (Fsp3) is 0.167. The van der Waals surface area contributed by atoms with Crippen molar-refractivity contribution in [2.24, 2.45) is 0 Å². The van der Waals surface area contributed by atoms with Crippen LogP contribution in [0.1, 0.15) is 9.75 Å². The van der Waals surface area contributed by atoms with Crippen molar-refractivity contribution in [2.75, 3.05) is 4.72 Å². The minimum absolute atomic E-state index is 0.118. The van der Waals surface area contributed by atoms with Crippen LogP contribution in [0.25, 0.3) is 0 Å². The monoisotopic (exact) mass is 319 g/mol. The molecule has 1 N–H and O–H groups in total. The van der Waals surface area contributed by atoms with Gasteiger partial charge in [0, 0.05) is 14.8 Å². The topological polar surface area (TPSA) is 46.2 Å². The van der Waals surface area contributed by atoms with Gasteiger partial charge in [-0.2, -0.15) is 0 Å². The first kappa shape index (κ1) is 14.3. The molecule has 0 saturated heterocycles. The Kier molecular flexibility index (Phi) is 3.85. The summed E-state index contributed by atoms with van der Waals surface area (Å²) in [6.07, 6.45) is 0. The summed E-state index contributed by atoms with van der Waals surface area (Å²) < 4.78 is 40.2. The maximum Gasteiger partial charge on any atom is 0.263 e. The number of aryl methyl sites for hydroxylation is 2. The van der Waals surface area contributed by atoms with Crippen molar-refractivity contribution in [1.29, 1.82) is 0 Å². The summed E-state index contributed by atoms with van der Waals surface area (Å²) in [6.45, 7) is 3.53. The second-order valence-electron chi connectivity index (χ2n) is 4.01. The van der Waals surface area contributed by atoms with Gasteiger partial charge in [-0.3, -0.25) is 4.72 Å². The third kappa shape index (κ3) is 3.08. The third-order valence-corrected chi connectivity index (χ3v) is 5.28. The molecule has 0 aliphatic rings. The first-order valence-electron chi connectivity index (χ1n) is 5.34. The summed E-state index contributed by atoms with van der Waals surface area (Å²) in [7, 11) is -3.78. The van der Waals surface area contributed by atoms with E-state index in [2.05, 4.69) is 4.72 Å². The standard InChI is InChI=1S/C12H11ClFNO2S2/c1-7-5-12(8(2)18-7)19(16,17)15-11-4-3-9(13)6-10(11)14/h3-6,15H,1-2H3. The van der Waals surface area contributed by atoms with Gasteiger partial charge < -0.3 is 0 Å². The summed E-state index contributed by atoms with van der Waals surface area (Å²) in [5.74, 6) is -0.708. The fourth-order valence-electron chi connectivity index (χ4n) is 1.65. The highest BCUT2D eigenvalue weighted by Crippen LogP contribution is 2.28. The maximum atomic E-state index is 13.6. The predicted molar refractivity (Wildman–Crippen MR) is 76.0 cm³/mol. The van der Waals surface area contributed by atoms with E-state index in [1.807, 2.05) is 6.92 Å². The average Bonchev–Trinajstić information content (AvgIpc) is 2.63. The van der Waals surface area contributed by atoms with Crippen molar-refractivity contribution in [2.45, 2.75) is 18.7 Å². The van der Waals surface area contributed by atoms with Crippen LogP contribution in [0, 0.1) is 19.7 Å². The van der Waals surface area contributed by atoms with Crippen molar-refractivity contribution >= 4 is 38.6 Å². The van der Waals surface area contributed by atoms with Gasteiger partial charge in [0.25, 0.3) is 10.0 Å². The van der Waals surface area contributed by atoms with Crippen molar-refractivity contribution in [3.8, 4) is 0 Å². The Morgan fingerprint density at radius 1 is 1.26 bits per heavy atom. The number of sulfonamides is 1. The largest absolute Gasteiger partial charge is 0.277 e. The number of thiophene rings is 1. The summed E-state index contributed by atoms with van der Waals surface area (Å²) in [6, 6.07) is 5.35. The van der Waals surface area contributed by atoms with Gasteiger partial charge >= 0.3 is 0 Å². The van der Waals surface area contributed by atoms with Gasteiger partial charge in [-0.05, 0) is 38.1 Å². The van der Waals surface area contributed by atoms with Crippen LogP contribution in [0.15, 0.2) is 29.2 Å². The van der Waals surface area contributed by atoms with E-state index >= 15 is 0 Å². The van der Waals surface area contributed by atoms with Crippen LogP contribution in [-0.4, -0.2) is 8.42 Å². The van der Waals surface area contributed by atoms with Gasteiger partial charge in [0.05, 0.1) is 5.69 Å². The number of hydrogen-bond donors (Lipinski definition) is 1. The Morgan fingerprint density at radius 2 is 1.95 bits per heavy atom. The molecule has 2 rings (SSSR count). The molecule has 19 heavy (non-hydrogen) atoms. The Morgan fingerprint density at radius 3 is 2.47 bits per heavy atom. The van der Waals surface area contributed by atoms with Crippen LogP contribution in [-0.2, 0) is 10.0 Å². The van der Waals surface area contributed by atoms with E-state index < -0.39 is 15.8 Å². The molecular weight excluding hydrogens is 309 g/mol. The first-order valence-corrected chi connectivity index (χ1v) is 8.02. The zero-order valence-electron chi connectivity index (χ0n) is 10.2. The molecule has 0 atom stereocenters. The predicted octanol–water partition coefficient (Wildman–Crippen LogP) is 3.96. The van der Waals surface area contributed by atoms with Crippen LogP contribution >= 0.6 is 22.9 Å². The number of nitrogens with one attached hydrogen (secondary N) is 1. The molecule has 1 heterocycles. The van der Waals surface area contributed by atoms with Crippen LogP contribution in [0.5, 0.6) is 0 Å². The second kappa shape index (κ2) is 5.11. The minimum Gasteiger partial charge on any atom is -0.277 e. The van der Waals surface area contributed by atoms with Gasteiger partial charge in [-0.25, -0.2) is 12.8 Å². The molecule has 1 aromatic heterocycles. The van der Waals surface area contributed by atoms with E-state index in [1.54, 1.807) is 13.0 Å². The van der Waals surface area contributed by atoms with E-state index in [0.717, 1.165) is 10.9 Å². The molecule has 0 aliphatic heterocycles. The molecular formula is C12H11ClFNO2S2. The number of benzene rings is 1. The van der Waals surface area contributed by atoms with E-state index in [-0.39, 0.29) is 15.6 Å². The summed E-state index contributed by atoms with van der Waals surface area (Å²) >= 11 is 7.00. The molecule has 0 amide bonds. The molecule has 0 radical (unpaired) electrons. The van der Waals surface area contributed by atoms with Crippen LogP contribution < -0.4 is 4.72 Å². The van der Waals surface area contributed by atoms with Crippen molar-refractivity contribution < 1.29 is 12.8 Å². The molecule has 0 fully saturated rings. The highest BCUT2D eigenvalue weighted by atomic mass is 35.5. The molecule has 7 heteroatoms. The maximum absolute atomic E-state index is 13.6. The smallest absolute Gasteiger partial charge is 0.263 e. The molecule has 0 unspecified atom stereocenters. The SMILES string of the molecule is Cc1cc(S(=O)(=O)Nc2ccc(Cl)cc2F)c(C)s1. The third-order valence-electron chi connectivity index (χ3n) is 2.46. The van der Waals surface area contributed by atoms with E-state index in [1.165, 1.54) is 23.5 Å². The Bertz CT molecular complexity index is 725. The number of anilines is 1. The van der Waals surface area contributed by atoms with E-state index in [0.29, 0.717) is 4.88 Å². The van der Waals surface area contributed by atoms with E-state index in [4.69, 9.17) is 11.6 Å². The summed E-state index contributed by atoms with van der Waals surface area (Å²) in [5, 5.41) is 0.211. The molecule has 2 aromatic rings. The first-order chi connectivity index (χ1) is 8.79. The lowest BCUT2D eigenvalue weighted by Crippen LogP contribution is -2.14. The van der Waals surface area contributed by atoms with Crippen LogP contribution in [0.3, 0.4) is 0 Å². The van der Waals surface area contributed by atoms with Crippen molar-refractivity contribution in [3.05, 3.63) is 44.9 Å². The lowest BCUT2D eigenvalue weighted by atomic mass is 10.3. The van der Waals surface area contributed by atoms with E-state index in [9.17, 15) is 12.8 Å². The molecule has 0 bridgehead atoms. The molecule has 0 aliphatic carbocycles. The molecule has 0 spiro atoms. The Labute approximate surface area is 120 Å². The zero-order chi connectivity index (χ0) is 14.2. The summed E-state index contributed by atoms with van der Waals surface area (Å²) in [4.78, 5) is 1.72. The highest BCUT2D eigenvalue weighted by Gasteiger charge is 2.20. The zero-order valence-corrected chi connectivity index (χ0v) is 12.6. The van der Waals surface area contributed by atoms with Gasteiger partial charge in [-0.15, -0.1) is 11.3 Å². The summed E-state index contributed by atoms with van der Waals surface area (Å²) in [5.41, 5.74) is -0.118. The van der Waals surface area contributed by atoms with Gasteiger partial charge in [-0.1, -0.05) is 11.6 Å². The molecule has 1 aromatic carbocycles.